The van der Waals surface area contributed by atoms with Crippen molar-refractivity contribution in [3.8, 4) is 0 Å². The van der Waals surface area contributed by atoms with Gasteiger partial charge in [0, 0.05) is 62.8 Å². The van der Waals surface area contributed by atoms with Gasteiger partial charge in [-0.2, -0.15) is 0 Å². The van der Waals surface area contributed by atoms with E-state index in [0.29, 0.717) is 24.1 Å². The summed E-state index contributed by atoms with van der Waals surface area (Å²) in [6.45, 7) is 14.0. The topological polar surface area (TPSA) is 58.1 Å². The van der Waals surface area contributed by atoms with Crippen LogP contribution in [0.25, 0.3) is 0 Å². The van der Waals surface area contributed by atoms with Gasteiger partial charge in [-0.1, -0.05) is 13.8 Å². The fourth-order valence-electron chi connectivity index (χ4n) is 5.80. The van der Waals surface area contributed by atoms with E-state index in [9.17, 15) is 0 Å². The van der Waals surface area contributed by atoms with Crippen molar-refractivity contribution in [1.82, 2.24) is 15.5 Å². The molecule has 0 aromatic carbocycles. The van der Waals surface area contributed by atoms with E-state index in [1.807, 2.05) is 0 Å². The molecule has 0 aromatic rings. The highest BCUT2D eigenvalue weighted by molar-refractivity contribution is 5.80. The van der Waals surface area contributed by atoms with Gasteiger partial charge in [0.05, 0.1) is 12.7 Å². The fraction of sp³-hybridized carbons (Fsp3) is 0.955. The molecule has 1 saturated carbocycles. The van der Waals surface area contributed by atoms with Crippen LogP contribution in [0.2, 0.25) is 0 Å². The smallest absolute Gasteiger partial charge is 0.191 e. The van der Waals surface area contributed by atoms with Crippen molar-refractivity contribution in [2.45, 2.75) is 71.1 Å². The van der Waals surface area contributed by atoms with E-state index in [-0.39, 0.29) is 5.41 Å². The molecule has 28 heavy (non-hydrogen) atoms. The fourth-order valence-corrected chi connectivity index (χ4v) is 5.80. The zero-order chi connectivity index (χ0) is 19.6. The van der Waals surface area contributed by atoms with Crippen molar-refractivity contribution in [2.24, 2.45) is 22.2 Å². The van der Waals surface area contributed by atoms with E-state index in [4.69, 9.17) is 14.5 Å². The van der Waals surface area contributed by atoms with Gasteiger partial charge in [-0.25, -0.2) is 0 Å². The van der Waals surface area contributed by atoms with Gasteiger partial charge >= 0.3 is 0 Å². The highest BCUT2D eigenvalue weighted by Gasteiger charge is 2.58. The van der Waals surface area contributed by atoms with Gasteiger partial charge in [0.25, 0.3) is 0 Å². The zero-order valence-electron chi connectivity index (χ0n) is 18.1. The van der Waals surface area contributed by atoms with Gasteiger partial charge < -0.3 is 25.0 Å². The Labute approximate surface area is 170 Å². The Hall–Kier alpha value is -0.850. The van der Waals surface area contributed by atoms with Crippen LogP contribution >= 0.6 is 0 Å². The van der Waals surface area contributed by atoms with Gasteiger partial charge in [-0.15, -0.1) is 0 Å². The summed E-state index contributed by atoms with van der Waals surface area (Å²) in [4.78, 5) is 7.39. The van der Waals surface area contributed by atoms with Crippen molar-refractivity contribution in [1.29, 1.82) is 0 Å². The molecule has 0 radical (unpaired) electrons. The predicted molar refractivity (Wildman–Crippen MR) is 113 cm³/mol. The molecule has 6 heteroatoms. The van der Waals surface area contributed by atoms with E-state index in [1.165, 1.54) is 51.7 Å². The Kier molecular flexibility index (Phi) is 6.48. The lowest BCUT2D eigenvalue weighted by molar-refractivity contribution is -0.188. The lowest BCUT2D eigenvalue weighted by Crippen LogP contribution is -2.71. The molecule has 160 valence electrons. The molecule has 0 aromatic heterocycles. The highest BCUT2D eigenvalue weighted by Crippen LogP contribution is 2.51. The first-order chi connectivity index (χ1) is 13.6. The molecule has 0 amide bonds. The molecular formula is C22H40N4O2. The molecule has 4 rings (SSSR count). The van der Waals surface area contributed by atoms with Gasteiger partial charge in [-0.05, 0) is 44.9 Å². The molecule has 2 N–H and O–H groups in total. The average Bonchev–Trinajstić information content (AvgIpc) is 3.21. The van der Waals surface area contributed by atoms with Crippen LogP contribution in [0.4, 0.5) is 0 Å². The van der Waals surface area contributed by atoms with E-state index in [1.54, 1.807) is 0 Å². The maximum absolute atomic E-state index is 6.07. The average molecular weight is 393 g/mol. The Bertz CT molecular complexity index is 539. The van der Waals surface area contributed by atoms with Crippen LogP contribution in [-0.4, -0.2) is 75.0 Å². The first-order valence-corrected chi connectivity index (χ1v) is 11.6. The van der Waals surface area contributed by atoms with E-state index in [0.717, 1.165) is 38.2 Å². The normalized spacial score (nSPS) is 36.6. The second-order valence-electron chi connectivity index (χ2n) is 9.81. The Balaban J connectivity index is 1.27. The Morgan fingerprint density at radius 3 is 2.64 bits per heavy atom. The van der Waals surface area contributed by atoms with Crippen molar-refractivity contribution < 1.29 is 9.47 Å². The lowest BCUT2D eigenvalue weighted by Gasteiger charge is -2.60. The monoisotopic (exact) mass is 392 g/mol. The molecular weight excluding hydrogens is 352 g/mol. The molecule has 3 saturated heterocycles. The van der Waals surface area contributed by atoms with Crippen molar-refractivity contribution in [2.75, 3.05) is 46.0 Å². The number of rotatable bonds is 5. The largest absolute Gasteiger partial charge is 0.381 e. The van der Waals surface area contributed by atoms with Crippen LogP contribution in [0.5, 0.6) is 0 Å². The third kappa shape index (κ3) is 4.34. The summed E-state index contributed by atoms with van der Waals surface area (Å²) in [6.07, 6.45) is 6.49. The molecule has 1 aliphatic carbocycles. The standard InChI is InChI=1S/C22H40N4O2/c1-4-23-21(25-19-18-6-5-12-28-20(18)22(19,2)3)24-17-7-10-26(11-8-17)14-16-9-13-27-15-16/h16-20H,4-15H2,1-3H3,(H2,23,24,25). The molecule has 0 bridgehead atoms. The number of guanidine groups is 1. The van der Waals surface area contributed by atoms with Crippen molar-refractivity contribution >= 4 is 5.96 Å². The van der Waals surface area contributed by atoms with Crippen molar-refractivity contribution in [3.05, 3.63) is 0 Å². The summed E-state index contributed by atoms with van der Waals surface area (Å²) >= 11 is 0. The van der Waals surface area contributed by atoms with Gasteiger partial charge in [0.2, 0.25) is 0 Å². The first kappa shape index (κ1) is 20.4. The number of hydrogen-bond donors (Lipinski definition) is 2. The van der Waals surface area contributed by atoms with E-state index in [2.05, 4.69) is 36.3 Å². The first-order valence-electron chi connectivity index (χ1n) is 11.6. The number of likely N-dealkylation sites (tertiary alicyclic amines) is 1. The van der Waals surface area contributed by atoms with Crippen LogP contribution in [0.15, 0.2) is 4.99 Å². The number of piperidine rings is 1. The van der Waals surface area contributed by atoms with E-state index >= 15 is 0 Å². The number of ether oxygens (including phenoxy) is 2. The highest BCUT2D eigenvalue weighted by atomic mass is 16.5. The molecule has 4 unspecified atom stereocenters. The second-order valence-corrected chi connectivity index (χ2v) is 9.81. The minimum atomic E-state index is 0.175. The van der Waals surface area contributed by atoms with Crippen LogP contribution in [0.1, 0.15) is 52.9 Å². The molecule has 3 heterocycles. The summed E-state index contributed by atoms with van der Waals surface area (Å²) in [6, 6.07) is 0.980. The molecule has 4 fully saturated rings. The van der Waals surface area contributed by atoms with Crippen LogP contribution in [0.3, 0.4) is 0 Å². The predicted octanol–water partition coefficient (Wildman–Crippen LogP) is 2.25. The third-order valence-corrected chi connectivity index (χ3v) is 7.41. The Morgan fingerprint density at radius 2 is 1.93 bits per heavy atom. The lowest BCUT2D eigenvalue weighted by atomic mass is 9.55. The molecule has 6 nitrogen and oxygen atoms in total. The SMILES string of the molecule is CCN=C(NC1CCN(CC2CCOC2)CC1)NC1C2CCCOC2C1(C)C. The summed E-state index contributed by atoms with van der Waals surface area (Å²) in [5, 5.41) is 7.54. The maximum Gasteiger partial charge on any atom is 0.191 e. The molecule has 3 aliphatic heterocycles. The summed E-state index contributed by atoms with van der Waals surface area (Å²) in [7, 11) is 0. The van der Waals surface area contributed by atoms with Crippen LogP contribution in [0, 0.1) is 17.3 Å². The second kappa shape index (κ2) is 8.88. The van der Waals surface area contributed by atoms with Gasteiger partial charge in [0.15, 0.2) is 5.96 Å². The molecule has 0 spiro atoms. The van der Waals surface area contributed by atoms with E-state index < -0.39 is 0 Å². The molecule has 4 atom stereocenters. The Morgan fingerprint density at radius 1 is 1.11 bits per heavy atom. The summed E-state index contributed by atoms with van der Waals surface area (Å²) < 4.78 is 11.6. The zero-order valence-corrected chi connectivity index (χ0v) is 18.1. The number of nitrogens with one attached hydrogen (secondary N) is 2. The molecule has 4 aliphatic rings. The summed E-state index contributed by atoms with van der Waals surface area (Å²) in [5.74, 6) is 2.38. The van der Waals surface area contributed by atoms with Gasteiger partial charge in [-0.3, -0.25) is 4.99 Å². The summed E-state index contributed by atoms with van der Waals surface area (Å²) in [5.41, 5.74) is 0.175. The van der Waals surface area contributed by atoms with Crippen LogP contribution < -0.4 is 10.6 Å². The van der Waals surface area contributed by atoms with Crippen LogP contribution in [-0.2, 0) is 9.47 Å². The minimum Gasteiger partial charge on any atom is -0.381 e. The number of nitrogens with zero attached hydrogens (tertiary/aromatic N) is 2. The number of fused-ring (bicyclic) bond motifs is 1. The maximum atomic E-state index is 6.07. The van der Waals surface area contributed by atoms with Crippen molar-refractivity contribution in [3.63, 3.8) is 0 Å². The number of aliphatic imine (C=N–C) groups is 1. The quantitative estimate of drug-likeness (QED) is 0.555. The third-order valence-electron chi connectivity index (χ3n) is 7.41. The number of hydrogen-bond acceptors (Lipinski definition) is 4. The van der Waals surface area contributed by atoms with Gasteiger partial charge in [0.1, 0.15) is 0 Å². The minimum absolute atomic E-state index is 0.175.